The second-order valence-electron chi connectivity index (χ2n) is 8.47. The van der Waals surface area contributed by atoms with Gasteiger partial charge >= 0.3 is 0 Å². The monoisotopic (exact) mass is 464 g/mol. The maximum absolute atomic E-state index is 12.8. The lowest BCUT2D eigenvalue weighted by molar-refractivity contribution is 0.0954. The van der Waals surface area contributed by atoms with Crippen molar-refractivity contribution in [2.24, 2.45) is 0 Å². The van der Waals surface area contributed by atoms with E-state index in [1.165, 1.54) is 16.9 Å². The zero-order chi connectivity index (χ0) is 23.2. The van der Waals surface area contributed by atoms with Crippen LogP contribution in [0, 0.1) is 6.92 Å². The quantitative estimate of drug-likeness (QED) is 0.542. The number of thiazole rings is 1. The average molecular weight is 465 g/mol. The first-order valence-electron chi connectivity index (χ1n) is 11.5. The Hall–Kier alpha value is -2.74. The van der Waals surface area contributed by atoms with Crippen molar-refractivity contribution in [3.05, 3.63) is 70.2 Å². The van der Waals surface area contributed by atoms with Crippen LogP contribution in [0.3, 0.4) is 0 Å². The van der Waals surface area contributed by atoms with Crippen LogP contribution < -0.4 is 10.1 Å². The Bertz CT molecular complexity index is 1050. The van der Waals surface area contributed by atoms with Gasteiger partial charge in [0.1, 0.15) is 15.6 Å². The van der Waals surface area contributed by atoms with Crippen LogP contribution in [0.15, 0.2) is 48.5 Å². The molecule has 1 amide bonds. The summed E-state index contributed by atoms with van der Waals surface area (Å²) in [7, 11) is 2.18. The predicted molar refractivity (Wildman–Crippen MR) is 134 cm³/mol. The van der Waals surface area contributed by atoms with Gasteiger partial charge in [-0.2, -0.15) is 0 Å². The number of hydrogen-bond donors (Lipinski definition) is 1. The van der Waals surface area contributed by atoms with Crippen LogP contribution in [0.2, 0.25) is 0 Å². The Morgan fingerprint density at radius 3 is 2.36 bits per heavy atom. The van der Waals surface area contributed by atoms with Gasteiger partial charge in [0.2, 0.25) is 0 Å². The van der Waals surface area contributed by atoms with Gasteiger partial charge < -0.3 is 15.0 Å². The summed E-state index contributed by atoms with van der Waals surface area (Å²) in [4.78, 5) is 22.9. The number of ether oxygens (including phenoxy) is 1. The molecule has 0 atom stereocenters. The molecule has 0 radical (unpaired) electrons. The molecule has 3 aromatic rings. The van der Waals surface area contributed by atoms with Gasteiger partial charge in [-0.3, -0.25) is 9.69 Å². The molecule has 1 aliphatic heterocycles. The van der Waals surface area contributed by atoms with Crippen LogP contribution in [-0.4, -0.2) is 60.5 Å². The fourth-order valence-electron chi connectivity index (χ4n) is 3.88. The molecule has 0 unspecified atom stereocenters. The third-order valence-corrected chi connectivity index (χ3v) is 7.10. The lowest BCUT2D eigenvalue weighted by atomic mass is 10.1. The first-order valence-corrected chi connectivity index (χ1v) is 12.3. The van der Waals surface area contributed by atoms with E-state index in [0.717, 1.165) is 60.3 Å². The molecule has 7 heteroatoms. The maximum atomic E-state index is 12.8. The molecule has 4 rings (SSSR count). The number of aryl methyl sites for hydroxylation is 1. The highest BCUT2D eigenvalue weighted by Crippen LogP contribution is 2.29. The fourth-order valence-corrected chi connectivity index (χ4v) is 4.87. The van der Waals surface area contributed by atoms with Crippen molar-refractivity contribution in [3.8, 4) is 16.3 Å². The minimum absolute atomic E-state index is 0.0799. The molecule has 1 N–H and O–H groups in total. The number of nitrogens with one attached hydrogen (secondary N) is 1. The minimum Gasteiger partial charge on any atom is -0.494 e. The highest BCUT2D eigenvalue weighted by Gasteiger charge is 2.17. The molecule has 6 nitrogen and oxygen atoms in total. The normalized spacial score (nSPS) is 14.9. The number of hydrogen-bond acceptors (Lipinski definition) is 6. The van der Waals surface area contributed by atoms with E-state index in [9.17, 15) is 4.79 Å². The first-order chi connectivity index (χ1) is 16.0. The second kappa shape index (κ2) is 10.9. The molecular formula is C26H32N4O2S. The highest BCUT2D eigenvalue weighted by molar-refractivity contribution is 7.17. The summed E-state index contributed by atoms with van der Waals surface area (Å²) in [6.07, 6.45) is 0. The van der Waals surface area contributed by atoms with Gasteiger partial charge in [-0.1, -0.05) is 24.3 Å². The van der Waals surface area contributed by atoms with Crippen molar-refractivity contribution in [2.45, 2.75) is 26.9 Å². The smallest absolute Gasteiger partial charge is 0.263 e. The molecular weight excluding hydrogens is 432 g/mol. The average Bonchev–Trinajstić information content (AvgIpc) is 3.22. The van der Waals surface area contributed by atoms with E-state index in [4.69, 9.17) is 4.74 Å². The van der Waals surface area contributed by atoms with Crippen molar-refractivity contribution < 1.29 is 9.53 Å². The van der Waals surface area contributed by atoms with Gasteiger partial charge in [0, 0.05) is 44.8 Å². The van der Waals surface area contributed by atoms with Gasteiger partial charge in [0.05, 0.1) is 12.3 Å². The summed E-state index contributed by atoms with van der Waals surface area (Å²) in [6, 6.07) is 16.4. The van der Waals surface area contributed by atoms with E-state index in [1.54, 1.807) is 0 Å². The predicted octanol–water partition coefficient (Wildman–Crippen LogP) is 4.19. The van der Waals surface area contributed by atoms with Crippen LogP contribution in [0.5, 0.6) is 5.75 Å². The lowest BCUT2D eigenvalue weighted by Gasteiger charge is -2.32. The molecule has 1 aliphatic rings. The summed E-state index contributed by atoms with van der Waals surface area (Å²) >= 11 is 1.42. The molecule has 2 aromatic carbocycles. The number of amides is 1. The molecule has 1 aromatic heterocycles. The number of rotatable bonds is 8. The zero-order valence-electron chi connectivity index (χ0n) is 19.6. The molecule has 0 spiro atoms. The van der Waals surface area contributed by atoms with E-state index in [0.29, 0.717) is 18.0 Å². The molecule has 1 fully saturated rings. The van der Waals surface area contributed by atoms with Crippen molar-refractivity contribution in [1.29, 1.82) is 0 Å². The van der Waals surface area contributed by atoms with Gasteiger partial charge in [-0.05, 0) is 56.3 Å². The van der Waals surface area contributed by atoms with Crippen LogP contribution in [0.4, 0.5) is 0 Å². The zero-order valence-corrected chi connectivity index (χ0v) is 20.5. The first kappa shape index (κ1) is 23.4. The Morgan fingerprint density at radius 1 is 1.03 bits per heavy atom. The highest BCUT2D eigenvalue weighted by atomic mass is 32.1. The Labute approximate surface area is 200 Å². The largest absolute Gasteiger partial charge is 0.494 e. The number of likely N-dealkylation sites (N-methyl/N-ethyl adjacent to an activating group) is 1. The number of nitrogens with zero attached hydrogens (tertiary/aromatic N) is 3. The third kappa shape index (κ3) is 6.19. The molecule has 0 aliphatic carbocycles. The Kier molecular flexibility index (Phi) is 7.75. The molecule has 2 heterocycles. The van der Waals surface area contributed by atoms with Crippen LogP contribution in [0.1, 0.15) is 33.4 Å². The summed E-state index contributed by atoms with van der Waals surface area (Å²) in [6.45, 7) is 10.4. The van der Waals surface area contributed by atoms with E-state index in [2.05, 4.69) is 51.4 Å². The van der Waals surface area contributed by atoms with E-state index >= 15 is 0 Å². The van der Waals surface area contributed by atoms with Crippen molar-refractivity contribution in [2.75, 3.05) is 39.8 Å². The molecule has 1 saturated heterocycles. The summed E-state index contributed by atoms with van der Waals surface area (Å²) < 4.78 is 5.50. The van der Waals surface area contributed by atoms with E-state index in [1.807, 2.05) is 38.1 Å². The minimum atomic E-state index is -0.0799. The summed E-state index contributed by atoms with van der Waals surface area (Å²) in [5.41, 5.74) is 4.15. The van der Waals surface area contributed by atoms with E-state index in [-0.39, 0.29) is 5.91 Å². The van der Waals surface area contributed by atoms with Crippen molar-refractivity contribution in [1.82, 2.24) is 20.1 Å². The van der Waals surface area contributed by atoms with Crippen LogP contribution in [0.25, 0.3) is 10.6 Å². The summed E-state index contributed by atoms with van der Waals surface area (Å²) in [5, 5.41) is 3.89. The SMILES string of the molecule is CCOc1ccc(-c2nc(C)c(C(=O)NCc3ccc(CN4CCN(C)CC4)cc3)s2)cc1. The van der Waals surface area contributed by atoms with Crippen molar-refractivity contribution in [3.63, 3.8) is 0 Å². The van der Waals surface area contributed by atoms with Gasteiger partial charge in [0.25, 0.3) is 5.91 Å². The maximum Gasteiger partial charge on any atom is 0.263 e. The molecule has 0 saturated carbocycles. The second-order valence-corrected chi connectivity index (χ2v) is 9.47. The number of aromatic nitrogens is 1. The molecule has 33 heavy (non-hydrogen) atoms. The van der Waals surface area contributed by atoms with Gasteiger partial charge in [-0.25, -0.2) is 4.98 Å². The molecule has 174 valence electrons. The van der Waals surface area contributed by atoms with Crippen molar-refractivity contribution >= 4 is 17.2 Å². The number of carbonyl (C=O) groups excluding carboxylic acids is 1. The number of carbonyl (C=O) groups is 1. The number of benzene rings is 2. The van der Waals surface area contributed by atoms with E-state index < -0.39 is 0 Å². The van der Waals surface area contributed by atoms with Gasteiger partial charge in [0.15, 0.2) is 0 Å². The van der Waals surface area contributed by atoms with Gasteiger partial charge in [-0.15, -0.1) is 11.3 Å². The Morgan fingerprint density at radius 2 is 1.70 bits per heavy atom. The topological polar surface area (TPSA) is 57.7 Å². The Balaban J connectivity index is 1.32. The number of piperazine rings is 1. The lowest BCUT2D eigenvalue weighted by Crippen LogP contribution is -2.43. The standard InChI is InChI=1S/C26H32N4O2S/c1-4-32-23-11-9-22(10-12-23)26-28-19(2)24(33-26)25(31)27-17-20-5-7-21(8-6-20)18-30-15-13-29(3)14-16-30/h5-12H,4,13-18H2,1-3H3,(H,27,31). The third-order valence-electron chi connectivity index (χ3n) is 5.89. The van der Waals surface area contributed by atoms with Crippen LogP contribution >= 0.6 is 11.3 Å². The molecule has 0 bridgehead atoms. The van der Waals surface area contributed by atoms with Crippen LogP contribution in [-0.2, 0) is 13.1 Å². The summed E-state index contributed by atoms with van der Waals surface area (Å²) in [5.74, 6) is 0.755. The fraction of sp³-hybridized carbons (Fsp3) is 0.385.